The number of aromatic nitrogens is 5. The summed E-state index contributed by atoms with van der Waals surface area (Å²) < 4.78 is 14.8. The van der Waals surface area contributed by atoms with Gasteiger partial charge in [0.05, 0.1) is 17.4 Å². The van der Waals surface area contributed by atoms with Crippen LogP contribution in [0.5, 0.6) is 0 Å². The Bertz CT molecular complexity index is 901. The summed E-state index contributed by atoms with van der Waals surface area (Å²) in [5, 5.41) is 8.42. The summed E-state index contributed by atoms with van der Waals surface area (Å²) >= 11 is 0.143. The van der Waals surface area contributed by atoms with Gasteiger partial charge in [-0.3, -0.25) is 10.1 Å². The molecule has 22 heavy (non-hydrogen) atoms. The molecule has 0 aliphatic heterocycles. The van der Waals surface area contributed by atoms with Gasteiger partial charge in [0.15, 0.2) is 18.0 Å². The summed E-state index contributed by atoms with van der Waals surface area (Å²) in [6.07, 6.45) is 6.81. The molecule has 0 aromatic carbocycles. The second-order valence-electron chi connectivity index (χ2n) is 4.31. The first kappa shape index (κ1) is 14.5. The molecule has 0 radical (unpaired) electrons. The number of hydrogen-bond donors (Lipinski definition) is 1. The maximum absolute atomic E-state index is 13.3. The number of hydrogen-bond acceptors (Lipinski definition) is 4. The third kappa shape index (κ3) is 2.23. The Labute approximate surface area is 131 Å². The first-order valence-electron chi connectivity index (χ1n) is 6.92. The fourth-order valence-electron chi connectivity index (χ4n) is 2.32. The van der Waals surface area contributed by atoms with Crippen molar-refractivity contribution >= 4 is 34.3 Å². The van der Waals surface area contributed by atoms with Gasteiger partial charge < -0.3 is 0 Å². The lowest BCUT2D eigenvalue weighted by Gasteiger charge is -1.99. The van der Waals surface area contributed by atoms with E-state index >= 15 is 0 Å². The number of halogens is 1. The minimum Gasteiger partial charge on any atom is -0.285 e. The van der Waals surface area contributed by atoms with Gasteiger partial charge in [0, 0.05) is 34.9 Å². The van der Waals surface area contributed by atoms with Crippen molar-refractivity contribution in [3.05, 3.63) is 43.0 Å². The molecule has 0 aliphatic rings. The molecule has 0 saturated heterocycles. The van der Waals surface area contributed by atoms with Crippen LogP contribution in [0.4, 0.5) is 3.89 Å². The first-order chi connectivity index (χ1) is 10.9. The van der Waals surface area contributed by atoms with Gasteiger partial charge in [-0.1, -0.05) is 13.8 Å². The van der Waals surface area contributed by atoms with Crippen molar-refractivity contribution in [1.29, 1.82) is 0 Å². The lowest BCUT2D eigenvalue weighted by atomic mass is 10.2. The summed E-state index contributed by atoms with van der Waals surface area (Å²) in [7, 11) is 0. The third-order valence-corrected chi connectivity index (χ3v) is 3.75. The van der Waals surface area contributed by atoms with Crippen molar-refractivity contribution < 1.29 is 3.89 Å². The molecule has 0 fully saturated rings. The van der Waals surface area contributed by atoms with Crippen LogP contribution in [0, 0.1) is 0 Å². The average molecular weight is 315 g/mol. The largest absolute Gasteiger partial charge is 0.285 e. The lowest BCUT2D eigenvalue weighted by molar-refractivity contribution is 0.923. The van der Waals surface area contributed by atoms with Crippen molar-refractivity contribution in [2.75, 3.05) is 0 Å². The predicted molar refractivity (Wildman–Crippen MR) is 88.1 cm³/mol. The number of nitrogens with zero attached hydrogens (tertiary/aromatic N) is 4. The minimum atomic E-state index is 0.143. The highest BCUT2D eigenvalue weighted by Crippen LogP contribution is 2.32. The molecular weight excluding hydrogens is 301 g/mol. The monoisotopic (exact) mass is 315 g/mol. The molecule has 4 rings (SSSR count). The number of H-pyrrole nitrogens is 1. The van der Waals surface area contributed by atoms with Gasteiger partial charge in [0.2, 0.25) is 0 Å². The summed E-state index contributed by atoms with van der Waals surface area (Å²) in [6, 6.07) is 5.61. The molecular formula is C15H14FN5S. The molecule has 4 heterocycles. The van der Waals surface area contributed by atoms with E-state index in [-0.39, 0.29) is 12.3 Å². The van der Waals surface area contributed by atoms with Crippen LogP contribution in [-0.2, 0) is 0 Å². The molecule has 0 bridgehead atoms. The van der Waals surface area contributed by atoms with Crippen LogP contribution < -0.4 is 0 Å². The maximum atomic E-state index is 13.3. The first-order valence-corrected chi connectivity index (χ1v) is 7.59. The zero-order valence-corrected chi connectivity index (χ0v) is 12.9. The quantitative estimate of drug-likeness (QED) is 0.596. The molecule has 5 nitrogen and oxygen atoms in total. The minimum absolute atomic E-state index is 0.143. The van der Waals surface area contributed by atoms with E-state index in [9.17, 15) is 3.89 Å². The molecule has 4 aromatic rings. The molecule has 0 spiro atoms. The van der Waals surface area contributed by atoms with E-state index in [2.05, 4.69) is 20.2 Å². The normalized spacial score (nSPS) is 10.7. The molecule has 112 valence electrons. The molecule has 0 atom stereocenters. The van der Waals surface area contributed by atoms with Crippen LogP contribution in [0.15, 0.2) is 43.0 Å². The molecule has 4 aromatic heterocycles. The predicted octanol–water partition coefficient (Wildman–Crippen LogP) is 4.38. The van der Waals surface area contributed by atoms with E-state index in [1.807, 2.05) is 26.0 Å². The Morgan fingerprint density at radius 2 is 2.00 bits per heavy atom. The second-order valence-corrected chi connectivity index (χ2v) is 4.81. The van der Waals surface area contributed by atoms with Crippen molar-refractivity contribution in [2.45, 2.75) is 13.8 Å². The van der Waals surface area contributed by atoms with Crippen LogP contribution in [0.3, 0.4) is 0 Å². The summed E-state index contributed by atoms with van der Waals surface area (Å²) in [5.74, 6) is 0. The zero-order chi connectivity index (χ0) is 15.5. The Hall–Kier alpha value is -2.41. The van der Waals surface area contributed by atoms with Crippen LogP contribution in [-0.4, -0.2) is 24.1 Å². The van der Waals surface area contributed by atoms with Crippen LogP contribution in [0.1, 0.15) is 13.8 Å². The Morgan fingerprint density at radius 3 is 2.73 bits per heavy atom. The van der Waals surface area contributed by atoms with Crippen LogP contribution in [0.2, 0.25) is 0 Å². The highest BCUT2D eigenvalue weighted by molar-refractivity contribution is 7.93. The summed E-state index contributed by atoms with van der Waals surface area (Å²) in [6.45, 7) is 4.00. The Balaban J connectivity index is 0.000000693. The van der Waals surface area contributed by atoms with Crippen molar-refractivity contribution in [3.8, 4) is 11.3 Å². The number of fused-ring (bicyclic) bond motifs is 3. The molecule has 7 heteroatoms. The highest BCUT2D eigenvalue weighted by atomic mass is 32.2. The fraction of sp³-hybridized carbons (Fsp3) is 0.133. The van der Waals surface area contributed by atoms with E-state index in [0.717, 1.165) is 27.5 Å². The number of nitrogens with one attached hydrogen (secondary N) is 1. The molecule has 0 unspecified atom stereocenters. The standard InChI is InChI=1S/C13H8FN5S.C2H6/c14-20-19-12-3-4-15-7-10(12)9-1-2-11(18-13(9)19)8-5-16-17-6-8;1-2/h1-7H,(H,16,17);1-2H3. The second kappa shape index (κ2) is 6.15. The van der Waals surface area contributed by atoms with Crippen LogP contribution in [0.25, 0.3) is 33.2 Å². The molecule has 0 saturated carbocycles. The van der Waals surface area contributed by atoms with Gasteiger partial charge in [-0.05, 0) is 18.2 Å². The number of pyridine rings is 2. The van der Waals surface area contributed by atoms with Gasteiger partial charge >= 0.3 is 0 Å². The maximum Gasteiger partial charge on any atom is 0.171 e. The van der Waals surface area contributed by atoms with E-state index < -0.39 is 0 Å². The third-order valence-electron chi connectivity index (χ3n) is 3.24. The summed E-state index contributed by atoms with van der Waals surface area (Å²) in [5.41, 5.74) is 2.96. The highest BCUT2D eigenvalue weighted by Gasteiger charge is 2.14. The Morgan fingerprint density at radius 1 is 1.14 bits per heavy atom. The van der Waals surface area contributed by atoms with Gasteiger partial charge in [-0.15, -0.1) is 3.89 Å². The van der Waals surface area contributed by atoms with E-state index in [0.29, 0.717) is 5.65 Å². The van der Waals surface area contributed by atoms with Crippen LogP contribution >= 0.6 is 12.3 Å². The SMILES string of the molecule is CC.FSn1c2ccncc2c2ccc(-c3cn[nH]c3)nc21. The van der Waals surface area contributed by atoms with Gasteiger partial charge in [-0.2, -0.15) is 5.10 Å². The molecule has 1 N–H and O–H groups in total. The molecule has 0 amide bonds. The fourth-order valence-corrected chi connectivity index (χ4v) is 2.76. The lowest BCUT2D eigenvalue weighted by Crippen LogP contribution is -1.88. The van der Waals surface area contributed by atoms with Gasteiger partial charge in [-0.25, -0.2) is 8.96 Å². The van der Waals surface area contributed by atoms with Gasteiger partial charge in [0.25, 0.3) is 0 Å². The van der Waals surface area contributed by atoms with E-state index in [1.54, 1.807) is 30.9 Å². The summed E-state index contributed by atoms with van der Waals surface area (Å²) in [4.78, 5) is 8.64. The Kier molecular flexibility index (Phi) is 4.06. The van der Waals surface area contributed by atoms with Crippen molar-refractivity contribution in [2.24, 2.45) is 0 Å². The smallest absolute Gasteiger partial charge is 0.171 e. The molecule has 0 aliphatic carbocycles. The van der Waals surface area contributed by atoms with Crippen molar-refractivity contribution in [3.63, 3.8) is 0 Å². The topological polar surface area (TPSA) is 59.4 Å². The number of aromatic amines is 1. The van der Waals surface area contributed by atoms with E-state index in [4.69, 9.17) is 0 Å². The van der Waals surface area contributed by atoms with Gasteiger partial charge in [0.1, 0.15) is 0 Å². The van der Waals surface area contributed by atoms with E-state index in [1.165, 1.54) is 3.97 Å². The average Bonchev–Trinajstić information content (AvgIpc) is 3.22. The number of rotatable bonds is 2. The van der Waals surface area contributed by atoms with Crippen molar-refractivity contribution in [1.82, 2.24) is 24.1 Å². The zero-order valence-electron chi connectivity index (χ0n) is 12.1.